The van der Waals surface area contributed by atoms with Crippen molar-refractivity contribution in [2.75, 3.05) is 5.32 Å². The number of benzene rings is 2. The van der Waals surface area contributed by atoms with E-state index in [0.717, 1.165) is 16.9 Å². The summed E-state index contributed by atoms with van der Waals surface area (Å²) in [7, 11) is 0. The van der Waals surface area contributed by atoms with E-state index < -0.39 is 0 Å². The van der Waals surface area contributed by atoms with Gasteiger partial charge in [0.05, 0.1) is 24.0 Å². The maximum atomic E-state index is 12.7. The van der Waals surface area contributed by atoms with E-state index in [1.54, 1.807) is 24.0 Å². The minimum atomic E-state index is -0.367. The molecule has 30 heavy (non-hydrogen) atoms. The predicted molar refractivity (Wildman–Crippen MR) is 112 cm³/mol. The highest BCUT2D eigenvalue weighted by Crippen LogP contribution is 2.19. The standard InChI is InChI=1S/C23H22N4O3/c1-16-8-10-20(11-9-16)29-15-21-17(2)30-26-22(21)23(28)25-19-12-24-27(14-19)13-18-6-4-3-5-7-18/h3-12,14H,13,15H2,1-2H3,(H,25,28). The van der Waals surface area contributed by atoms with Crippen LogP contribution in [-0.2, 0) is 13.2 Å². The van der Waals surface area contributed by atoms with Gasteiger partial charge in [0, 0.05) is 6.20 Å². The van der Waals surface area contributed by atoms with Gasteiger partial charge < -0.3 is 14.6 Å². The highest BCUT2D eigenvalue weighted by Gasteiger charge is 2.21. The van der Waals surface area contributed by atoms with Gasteiger partial charge in [-0.1, -0.05) is 53.2 Å². The van der Waals surface area contributed by atoms with Crippen LogP contribution in [0, 0.1) is 13.8 Å². The smallest absolute Gasteiger partial charge is 0.278 e. The van der Waals surface area contributed by atoms with Crippen LogP contribution in [0.25, 0.3) is 0 Å². The first-order valence-electron chi connectivity index (χ1n) is 9.61. The quantitative estimate of drug-likeness (QED) is 0.496. The van der Waals surface area contributed by atoms with Crippen LogP contribution in [0.1, 0.15) is 32.9 Å². The summed E-state index contributed by atoms with van der Waals surface area (Å²) in [5, 5.41) is 11.0. The summed E-state index contributed by atoms with van der Waals surface area (Å²) in [4.78, 5) is 12.7. The first-order valence-corrected chi connectivity index (χ1v) is 9.61. The lowest BCUT2D eigenvalue weighted by Crippen LogP contribution is -2.15. The Bertz CT molecular complexity index is 1130. The summed E-state index contributed by atoms with van der Waals surface area (Å²) >= 11 is 0. The number of nitrogens with zero attached hydrogens (tertiary/aromatic N) is 3. The number of aryl methyl sites for hydroxylation is 2. The van der Waals surface area contributed by atoms with Gasteiger partial charge in [0.1, 0.15) is 18.1 Å². The van der Waals surface area contributed by atoms with Crippen LogP contribution in [0.5, 0.6) is 5.75 Å². The largest absolute Gasteiger partial charge is 0.489 e. The van der Waals surface area contributed by atoms with Crippen LogP contribution in [0.4, 0.5) is 5.69 Å². The van der Waals surface area contributed by atoms with Crippen LogP contribution >= 0.6 is 0 Å². The Balaban J connectivity index is 1.42. The van der Waals surface area contributed by atoms with Crippen molar-refractivity contribution in [2.45, 2.75) is 27.0 Å². The third-order valence-electron chi connectivity index (χ3n) is 4.68. The van der Waals surface area contributed by atoms with Crippen LogP contribution < -0.4 is 10.1 Å². The van der Waals surface area contributed by atoms with Crippen molar-refractivity contribution < 1.29 is 14.1 Å². The summed E-state index contributed by atoms with van der Waals surface area (Å²) in [5.41, 5.74) is 3.68. The van der Waals surface area contributed by atoms with Crippen molar-refractivity contribution in [3.63, 3.8) is 0 Å². The lowest BCUT2D eigenvalue weighted by Gasteiger charge is -2.07. The molecule has 0 aliphatic rings. The average molecular weight is 402 g/mol. The number of amides is 1. The van der Waals surface area contributed by atoms with E-state index in [2.05, 4.69) is 15.6 Å². The van der Waals surface area contributed by atoms with Gasteiger partial charge in [-0.15, -0.1) is 0 Å². The molecule has 0 saturated heterocycles. The molecule has 0 unspecified atom stereocenters. The van der Waals surface area contributed by atoms with Crippen molar-refractivity contribution >= 4 is 11.6 Å². The highest BCUT2D eigenvalue weighted by molar-refractivity contribution is 6.03. The molecule has 0 radical (unpaired) electrons. The molecular formula is C23H22N4O3. The highest BCUT2D eigenvalue weighted by atomic mass is 16.5. The van der Waals surface area contributed by atoms with Gasteiger partial charge in [-0.05, 0) is 31.5 Å². The normalized spacial score (nSPS) is 10.7. The molecule has 2 aromatic carbocycles. The fourth-order valence-corrected chi connectivity index (χ4v) is 3.00. The molecule has 1 N–H and O–H groups in total. The molecule has 4 rings (SSSR count). The number of carbonyl (C=O) groups excluding carboxylic acids is 1. The zero-order valence-electron chi connectivity index (χ0n) is 16.8. The van der Waals surface area contributed by atoms with Crippen LogP contribution in [-0.4, -0.2) is 20.8 Å². The van der Waals surface area contributed by atoms with Gasteiger partial charge in [0.2, 0.25) is 0 Å². The molecular weight excluding hydrogens is 380 g/mol. The predicted octanol–water partition coefficient (Wildman–Crippen LogP) is 4.37. The monoisotopic (exact) mass is 402 g/mol. The molecule has 0 aliphatic heterocycles. The zero-order valence-corrected chi connectivity index (χ0v) is 16.8. The van der Waals surface area contributed by atoms with Gasteiger partial charge >= 0.3 is 0 Å². The third-order valence-corrected chi connectivity index (χ3v) is 4.68. The van der Waals surface area contributed by atoms with Crippen molar-refractivity contribution in [3.8, 4) is 5.75 Å². The van der Waals surface area contributed by atoms with Gasteiger partial charge in [0.15, 0.2) is 5.69 Å². The Morgan fingerprint density at radius 3 is 2.63 bits per heavy atom. The molecule has 0 bridgehead atoms. The molecule has 7 nitrogen and oxygen atoms in total. The molecule has 0 fully saturated rings. The Morgan fingerprint density at radius 2 is 1.87 bits per heavy atom. The lowest BCUT2D eigenvalue weighted by molar-refractivity contribution is 0.101. The van der Waals surface area contributed by atoms with E-state index in [0.29, 0.717) is 23.6 Å². The fourth-order valence-electron chi connectivity index (χ4n) is 3.00. The first-order chi connectivity index (χ1) is 14.6. The second-order valence-electron chi connectivity index (χ2n) is 7.03. The SMILES string of the molecule is Cc1ccc(OCc2c(C(=O)Nc3cnn(Cc4ccccc4)c3)noc2C)cc1. The molecule has 2 heterocycles. The van der Waals surface area contributed by atoms with Crippen LogP contribution in [0.2, 0.25) is 0 Å². The summed E-state index contributed by atoms with van der Waals surface area (Å²) in [6.07, 6.45) is 3.39. The molecule has 152 valence electrons. The molecule has 0 spiro atoms. The number of carbonyl (C=O) groups is 1. The van der Waals surface area contributed by atoms with Gasteiger partial charge in [-0.3, -0.25) is 9.48 Å². The van der Waals surface area contributed by atoms with Crippen molar-refractivity contribution in [2.24, 2.45) is 0 Å². The zero-order chi connectivity index (χ0) is 20.9. The Morgan fingerprint density at radius 1 is 1.10 bits per heavy atom. The number of rotatable bonds is 7. The molecule has 0 saturated carbocycles. The summed E-state index contributed by atoms with van der Waals surface area (Å²) in [6, 6.07) is 17.7. The fraction of sp³-hybridized carbons (Fsp3) is 0.174. The second-order valence-corrected chi connectivity index (χ2v) is 7.03. The van der Waals surface area contributed by atoms with E-state index in [4.69, 9.17) is 9.26 Å². The summed E-state index contributed by atoms with van der Waals surface area (Å²) < 4.78 is 12.8. The molecule has 0 atom stereocenters. The second kappa shape index (κ2) is 8.65. The maximum Gasteiger partial charge on any atom is 0.278 e. The minimum absolute atomic E-state index is 0.189. The molecule has 4 aromatic rings. The molecule has 0 aliphatic carbocycles. The van der Waals surface area contributed by atoms with E-state index >= 15 is 0 Å². The number of anilines is 1. The molecule has 2 aromatic heterocycles. The van der Waals surface area contributed by atoms with Crippen molar-refractivity contribution in [1.29, 1.82) is 0 Å². The van der Waals surface area contributed by atoms with E-state index in [9.17, 15) is 4.79 Å². The van der Waals surface area contributed by atoms with Crippen LogP contribution in [0.15, 0.2) is 71.5 Å². The first kappa shape index (κ1) is 19.4. The number of hydrogen-bond donors (Lipinski definition) is 1. The number of aromatic nitrogens is 3. The average Bonchev–Trinajstić information content (AvgIpc) is 3.34. The van der Waals surface area contributed by atoms with Gasteiger partial charge in [-0.25, -0.2) is 0 Å². The third kappa shape index (κ3) is 4.57. The maximum absolute atomic E-state index is 12.7. The topological polar surface area (TPSA) is 82.2 Å². The van der Waals surface area contributed by atoms with Crippen molar-refractivity contribution in [3.05, 3.63) is 95.1 Å². The summed E-state index contributed by atoms with van der Waals surface area (Å²) in [6.45, 7) is 4.58. The summed E-state index contributed by atoms with van der Waals surface area (Å²) in [5.74, 6) is 0.899. The number of nitrogens with one attached hydrogen (secondary N) is 1. The lowest BCUT2D eigenvalue weighted by atomic mass is 10.2. The minimum Gasteiger partial charge on any atom is -0.489 e. The van der Waals surface area contributed by atoms with E-state index in [1.165, 1.54) is 0 Å². The molecule has 1 amide bonds. The van der Waals surface area contributed by atoms with Gasteiger partial charge in [0.25, 0.3) is 5.91 Å². The van der Waals surface area contributed by atoms with E-state index in [1.807, 2.05) is 61.5 Å². The number of hydrogen-bond acceptors (Lipinski definition) is 5. The Kier molecular flexibility index (Phi) is 5.61. The Labute approximate surface area is 174 Å². The molecule has 7 heteroatoms. The Hall–Kier alpha value is -3.87. The van der Waals surface area contributed by atoms with E-state index in [-0.39, 0.29) is 18.2 Å². The number of ether oxygens (including phenoxy) is 1. The van der Waals surface area contributed by atoms with Crippen LogP contribution in [0.3, 0.4) is 0 Å². The van der Waals surface area contributed by atoms with Crippen molar-refractivity contribution in [1.82, 2.24) is 14.9 Å². The van der Waals surface area contributed by atoms with Gasteiger partial charge in [-0.2, -0.15) is 5.10 Å².